The molecule has 0 bridgehead atoms. The van der Waals surface area contributed by atoms with Crippen LogP contribution in [0.2, 0.25) is 0 Å². The predicted molar refractivity (Wildman–Crippen MR) is 139 cm³/mol. The van der Waals surface area contributed by atoms with Crippen molar-refractivity contribution in [3.05, 3.63) is 102 Å². The Balaban J connectivity index is 1.77. The summed E-state index contributed by atoms with van der Waals surface area (Å²) in [4.78, 5) is 13.7. The quantitative estimate of drug-likeness (QED) is 0.378. The summed E-state index contributed by atoms with van der Waals surface area (Å²) in [5.41, 5.74) is 4.11. The summed E-state index contributed by atoms with van der Waals surface area (Å²) in [6.07, 6.45) is 1.16. The molecule has 0 N–H and O–H groups in total. The van der Waals surface area contributed by atoms with Gasteiger partial charge in [-0.05, 0) is 54.4 Å². The Morgan fingerprint density at radius 3 is 2.26 bits per heavy atom. The van der Waals surface area contributed by atoms with Crippen LogP contribution in [0.3, 0.4) is 0 Å². The Bertz CT molecular complexity index is 1290. The van der Waals surface area contributed by atoms with Gasteiger partial charge in [-0.15, -0.1) is 0 Å². The molecule has 0 fully saturated rings. The first-order chi connectivity index (χ1) is 16.6. The number of nitrogens with zero attached hydrogens (tertiary/aromatic N) is 2. The summed E-state index contributed by atoms with van der Waals surface area (Å²) in [6.45, 7) is 6.46. The molecule has 3 aromatic carbocycles. The molecule has 0 radical (unpaired) electrons. The molecule has 0 aliphatic rings. The molecule has 3 aromatic rings. The Hall–Kier alpha value is -3.78. The van der Waals surface area contributed by atoms with Crippen molar-refractivity contribution in [1.82, 2.24) is 0 Å². The molecule has 0 aliphatic carbocycles. The van der Waals surface area contributed by atoms with Gasteiger partial charge in [-0.2, -0.15) is 0 Å². The second-order valence-electron chi connectivity index (χ2n) is 8.16. The SMILES string of the molecule is C=C(CN(c1ccc(OCc2ccccc2)cc1)S(C)(=O)=O)N(C)c1cc(C(=O)OC)ccc1C. The molecule has 0 aromatic heterocycles. The van der Waals surface area contributed by atoms with Gasteiger partial charge >= 0.3 is 5.97 Å². The zero-order valence-corrected chi connectivity index (χ0v) is 21.2. The maximum atomic E-state index is 12.6. The highest BCUT2D eigenvalue weighted by Gasteiger charge is 2.21. The minimum atomic E-state index is -3.60. The lowest BCUT2D eigenvalue weighted by Crippen LogP contribution is -2.35. The molecule has 184 valence electrons. The van der Waals surface area contributed by atoms with Crippen molar-refractivity contribution in [3.63, 3.8) is 0 Å². The van der Waals surface area contributed by atoms with E-state index < -0.39 is 16.0 Å². The summed E-state index contributed by atoms with van der Waals surface area (Å²) < 4.78 is 37.2. The number of hydrogen-bond acceptors (Lipinski definition) is 6. The van der Waals surface area contributed by atoms with Crippen molar-refractivity contribution in [2.75, 3.05) is 36.2 Å². The molecule has 7 nitrogen and oxygen atoms in total. The van der Waals surface area contributed by atoms with Crippen LogP contribution in [-0.4, -0.2) is 41.3 Å². The molecule has 0 amide bonds. The van der Waals surface area contributed by atoms with E-state index in [4.69, 9.17) is 9.47 Å². The fourth-order valence-corrected chi connectivity index (χ4v) is 4.40. The summed E-state index contributed by atoms with van der Waals surface area (Å²) >= 11 is 0. The summed E-state index contributed by atoms with van der Waals surface area (Å²) in [6, 6.07) is 21.9. The molecule has 0 atom stereocenters. The van der Waals surface area contributed by atoms with Crippen molar-refractivity contribution in [3.8, 4) is 5.75 Å². The smallest absolute Gasteiger partial charge is 0.337 e. The Kier molecular flexibility index (Phi) is 8.19. The molecule has 0 saturated carbocycles. The number of carbonyl (C=O) groups excluding carboxylic acids is 1. The van der Waals surface area contributed by atoms with Crippen LogP contribution in [0.4, 0.5) is 11.4 Å². The van der Waals surface area contributed by atoms with Crippen LogP contribution in [0.15, 0.2) is 85.1 Å². The van der Waals surface area contributed by atoms with Crippen LogP contribution >= 0.6 is 0 Å². The highest BCUT2D eigenvalue weighted by Crippen LogP contribution is 2.27. The van der Waals surface area contributed by atoms with Crippen LogP contribution < -0.4 is 13.9 Å². The number of anilines is 2. The van der Waals surface area contributed by atoms with Crippen molar-refractivity contribution < 1.29 is 22.7 Å². The lowest BCUT2D eigenvalue weighted by atomic mass is 10.1. The number of hydrogen-bond donors (Lipinski definition) is 0. The topological polar surface area (TPSA) is 76.2 Å². The van der Waals surface area contributed by atoms with Crippen molar-refractivity contribution in [1.29, 1.82) is 0 Å². The number of sulfonamides is 1. The number of methoxy groups -OCH3 is 1. The van der Waals surface area contributed by atoms with Gasteiger partial charge in [0.1, 0.15) is 12.4 Å². The van der Waals surface area contributed by atoms with E-state index in [0.29, 0.717) is 29.3 Å². The van der Waals surface area contributed by atoms with Crippen LogP contribution in [0, 0.1) is 6.92 Å². The summed E-state index contributed by atoms with van der Waals surface area (Å²) in [5, 5.41) is 0. The molecule has 3 rings (SSSR count). The monoisotopic (exact) mass is 494 g/mol. The number of rotatable bonds is 10. The molecule has 0 heterocycles. The molecule has 35 heavy (non-hydrogen) atoms. The third-order valence-corrected chi connectivity index (χ3v) is 6.71. The molecular formula is C27H30N2O5S. The average Bonchev–Trinajstić information content (AvgIpc) is 2.85. The standard InChI is InChI=1S/C27H30N2O5S/c1-20-11-12-23(27(30)33-4)17-26(20)28(3)21(2)18-29(35(5,31)32)24-13-15-25(16-14-24)34-19-22-9-7-6-8-10-22/h6-17H,2,18-19H2,1,3-5H3. The first kappa shape index (κ1) is 25.8. The third kappa shape index (κ3) is 6.64. The zero-order valence-electron chi connectivity index (χ0n) is 20.4. The molecular weight excluding hydrogens is 464 g/mol. The van der Waals surface area contributed by atoms with Crippen LogP contribution in [0.1, 0.15) is 21.5 Å². The molecule has 0 saturated heterocycles. The highest BCUT2D eigenvalue weighted by molar-refractivity contribution is 7.92. The lowest BCUT2D eigenvalue weighted by molar-refractivity contribution is 0.0600. The van der Waals surface area contributed by atoms with Crippen molar-refractivity contribution in [2.24, 2.45) is 0 Å². The first-order valence-electron chi connectivity index (χ1n) is 10.9. The Morgan fingerprint density at radius 2 is 1.66 bits per heavy atom. The highest BCUT2D eigenvalue weighted by atomic mass is 32.2. The lowest BCUT2D eigenvalue weighted by Gasteiger charge is -2.29. The van der Waals surface area contributed by atoms with E-state index in [9.17, 15) is 13.2 Å². The Morgan fingerprint density at radius 1 is 1.00 bits per heavy atom. The molecule has 8 heteroatoms. The number of likely N-dealkylation sites (N-methyl/N-ethyl adjacent to an activating group) is 1. The van der Waals surface area contributed by atoms with Crippen LogP contribution in [0.5, 0.6) is 5.75 Å². The fourth-order valence-electron chi connectivity index (χ4n) is 3.51. The Labute approximate surface area is 207 Å². The number of ether oxygens (including phenoxy) is 2. The first-order valence-corrected chi connectivity index (χ1v) is 12.8. The van der Waals surface area contributed by atoms with Gasteiger partial charge in [0.15, 0.2) is 0 Å². The van der Waals surface area contributed by atoms with E-state index in [0.717, 1.165) is 23.1 Å². The van der Waals surface area contributed by atoms with E-state index in [1.807, 2.05) is 43.3 Å². The van der Waals surface area contributed by atoms with Crippen molar-refractivity contribution in [2.45, 2.75) is 13.5 Å². The summed E-state index contributed by atoms with van der Waals surface area (Å²) in [5.74, 6) is 0.190. The van der Waals surface area contributed by atoms with E-state index in [1.165, 1.54) is 11.4 Å². The fraction of sp³-hybridized carbons (Fsp3) is 0.222. The molecule has 0 spiro atoms. The number of carbonyl (C=O) groups is 1. The van der Waals surface area contributed by atoms with Crippen molar-refractivity contribution >= 4 is 27.4 Å². The van der Waals surface area contributed by atoms with Crippen LogP contribution in [0.25, 0.3) is 0 Å². The number of benzene rings is 3. The van der Waals surface area contributed by atoms with Gasteiger partial charge in [-0.25, -0.2) is 13.2 Å². The second kappa shape index (κ2) is 11.1. The predicted octanol–water partition coefficient (Wildman–Crippen LogP) is 4.78. The van der Waals surface area contributed by atoms with E-state index in [1.54, 1.807) is 48.3 Å². The van der Waals surface area contributed by atoms with Gasteiger partial charge in [0.05, 0.1) is 31.2 Å². The third-order valence-electron chi connectivity index (χ3n) is 5.57. The van der Waals surface area contributed by atoms with Crippen LogP contribution in [-0.2, 0) is 21.4 Å². The van der Waals surface area contributed by atoms with E-state index in [2.05, 4.69) is 6.58 Å². The maximum Gasteiger partial charge on any atom is 0.337 e. The second-order valence-corrected chi connectivity index (χ2v) is 10.1. The molecule has 0 aliphatic heterocycles. The van der Waals surface area contributed by atoms with Gasteiger partial charge < -0.3 is 14.4 Å². The summed E-state index contributed by atoms with van der Waals surface area (Å²) in [7, 11) is -0.491. The van der Waals surface area contributed by atoms with Gasteiger partial charge in [-0.1, -0.05) is 43.0 Å². The average molecular weight is 495 g/mol. The minimum Gasteiger partial charge on any atom is -0.489 e. The minimum absolute atomic E-state index is 0.0292. The van der Waals surface area contributed by atoms with Gasteiger partial charge in [0, 0.05) is 18.4 Å². The molecule has 0 unspecified atom stereocenters. The number of esters is 1. The van der Waals surface area contributed by atoms with Gasteiger partial charge in [-0.3, -0.25) is 4.31 Å². The maximum absolute atomic E-state index is 12.6. The zero-order chi connectivity index (χ0) is 25.6. The normalized spacial score (nSPS) is 11.0. The number of aryl methyl sites for hydroxylation is 1. The van der Waals surface area contributed by atoms with E-state index in [-0.39, 0.29) is 6.54 Å². The van der Waals surface area contributed by atoms with Gasteiger partial charge in [0.2, 0.25) is 10.0 Å². The largest absolute Gasteiger partial charge is 0.489 e. The van der Waals surface area contributed by atoms with E-state index >= 15 is 0 Å². The van der Waals surface area contributed by atoms with Gasteiger partial charge in [0.25, 0.3) is 0 Å².